The molecule has 0 saturated carbocycles. The monoisotopic (exact) mass is 454 g/mol. The fourth-order valence-electron chi connectivity index (χ4n) is 3.26. The van der Waals surface area contributed by atoms with Gasteiger partial charge in [-0.15, -0.1) is 0 Å². The van der Waals surface area contributed by atoms with Gasteiger partial charge >= 0.3 is 5.97 Å². The first kappa shape index (κ1) is 22.6. The number of esters is 1. The predicted octanol–water partition coefficient (Wildman–Crippen LogP) is 4.06. The molecule has 0 bridgehead atoms. The molecule has 1 aliphatic heterocycles. The molecule has 1 heterocycles. The first-order valence-corrected chi connectivity index (χ1v) is 10.5. The second-order valence-corrected chi connectivity index (χ2v) is 7.21. The lowest BCUT2D eigenvalue weighted by Crippen LogP contribution is -2.15. The molecule has 0 radical (unpaired) electrons. The van der Waals surface area contributed by atoms with Crippen molar-refractivity contribution in [3.63, 3.8) is 0 Å². The molecule has 170 valence electrons. The molecule has 3 aromatic rings. The molecule has 0 N–H and O–H groups in total. The summed E-state index contributed by atoms with van der Waals surface area (Å²) in [5.74, 6) is 14.8. The fourth-order valence-corrected chi connectivity index (χ4v) is 3.26. The molecule has 4 rings (SSSR count). The van der Waals surface area contributed by atoms with E-state index in [1.165, 1.54) is 7.11 Å². The molecule has 1 aliphatic rings. The first-order valence-electron chi connectivity index (χ1n) is 10.5. The lowest BCUT2D eigenvalue weighted by molar-refractivity contribution is 0.0600. The molecule has 0 aromatic heterocycles. The molecule has 0 amide bonds. The molecule has 6 heteroatoms. The Kier molecular flexibility index (Phi) is 6.91. The Morgan fingerprint density at radius 1 is 0.706 bits per heavy atom. The highest BCUT2D eigenvalue weighted by molar-refractivity contribution is 5.89. The molecule has 34 heavy (non-hydrogen) atoms. The van der Waals surface area contributed by atoms with Crippen LogP contribution in [0.5, 0.6) is 23.0 Å². The van der Waals surface area contributed by atoms with Crippen molar-refractivity contribution in [1.29, 1.82) is 0 Å². The minimum Gasteiger partial charge on any atom is -0.497 e. The van der Waals surface area contributed by atoms with Crippen LogP contribution in [-0.4, -0.2) is 40.5 Å². The first-order chi connectivity index (χ1) is 16.6. The summed E-state index contributed by atoms with van der Waals surface area (Å²) in [6.07, 6.45) is 0. The summed E-state index contributed by atoms with van der Waals surface area (Å²) in [4.78, 5) is 11.6. The quantitative estimate of drug-likeness (QED) is 0.439. The topological polar surface area (TPSA) is 63.2 Å². The van der Waals surface area contributed by atoms with E-state index in [-0.39, 0.29) is 0 Å². The van der Waals surface area contributed by atoms with Gasteiger partial charge in [-0.25, -0.2) is 4.79 Å². The van der Waals surface area contributed by atoms with E-state index in [2.05, 4.69) is 23.7 Å². The molecular formula is C28H22O6. The molecule has 0 aliphatic carbocycles. The van der Waals surface area contributed by atoms with Crippen LogP contribution in [0.1, 0.15) is 32.6 Å². The smallest absolute Gasteiger partial charge is 0.337 e. The van der Waals surface area contributed by atoms with Gasteiger partial charge in [-0.1, -0.05) is 23.7 Å². The van der Waals surface area contributed by atoms with Crippen LogP contribution in [0.25, 0.3) is 0 Å². The number of hydrogen-bond donors (Lipinski definition) is 0. The normalized spacial score (nSPS) is 11.3. The number of methoxy groups -OCH3 is 3. The third kappa shape index (κ3) is 5.26. The Labute approximate surface area is 198 Å². The van der Waals surface area contributed by atoms with Crippen molar-refractivity contribution in [2.45, 2.75) is 0 Å². The van der Waals surface area contributed by atoms with E-state index in [9.17, 15) is 4.79 Å². The molecule has 0 atom stereocenters. The zero-order valence-corrected chi connectivity index (χ0v) is 19.1. The Bertz CT molecular complexity index is 1310. The molecule has 0 unspecified atom stereocenters. The Hall–Kier alpha value is -4.55. The zero-order chi connectivity index (χ0) is 23.9. The highest BCUT2D eigenvalue weighted by Crippen LogP contribution is 2.33. The predicted molar refractivity (Wildman–Crippen MR) is 127 cm³/mol. The second-order valence-electron chi connectivity index (χ2n) is 7.21. The maximum atomic E-state index is 11.6. The van der Waals surface area contributed by atoms with E-state index < -0.39 is 5.97 Å². The van der Waals surface area contributed by atoms with Crippen molar-refractivity contribution >= 4 is 5.97 Å². The Morgan fingerprint density at radius 2 is 1.24 bits per heavy atom. The van der Waals surface area contributed by atoms with Crippen LogP contribution in [0, 0.1) is 23.7 Å². The fraction of sp³-hybridized carbons (Fsp3) is 0.179. The van der Waals surface area contributed by atoms with Gasteiger partial charge in [0.05, 0.1) is 26.9 Å². The van der Waals surface area contributed by atoms with Gasteiger partial charge < -0.3 is 23.7 Å². The van der Waals surface area contributed by atoms with Gasteiger partial charge in [-0.3, -0.25) is 0 Å². The van der Waals surface area contributed by atoms with Crippen molar-refractivity contribution in [3.8, 4) is 46.7 Å². The van der Waals surface area contributed by atoms with Crippen molar-refractivity contribution in [2.75, 3.05) is 34.5 Å². The average molecular weight is 454 g/mol. The number of fused-ring (bicyclic) bond motifs is 1. The van der Waals surface area contributed by atoms with Crippen LogP contribution in [-0.2, 0) is 4.74 Å². The Morgan fingerprint density at radius 3 is 1.74 bits per heavy atom. The second kappa shape index (κ2) is 10.4. The average Bonchev–Trinajstić information content (AvgIpc) is 2.89. The minimum atomic E-state index is -0.391. The van der Waals surface area contributed by atoms with Crippen LogP contribution in [0.15, 0.2) is 54.6 Å². The molecule has 6 nitrogen and oxygen atoms in total. The largest absolute Gasteiger partial charge is 0.497 e. The zero-order valence-electron chi connectivity index (χ0n) is 19.1. The maximum Gasteiger partial charge on any atom is 0.337 e. The third-order valence-electron chi connectivity index (χ3n) is 5.02. The van der Waals surface area contributed by atoms with Gasteiger partial charge in [0.25, 0.3) is 0 Å². The van der Waals surface area contributed by atoms with E-state index in [1.54, 1.807) is 44.6 Å². The van der Waals surface area contributed by atoms with E-state index >= 15 is 0 Å². The molecule has 0 spiro atoms. The molecule has 0 saturated heterocycles. The standard InChI is InChI=1S/C28H22O6/c1-30-24-14-20(15-25(18-24)31-2)7-11-23-17-27-26(33-12-13-34-27)16-22(23)10-6-19-4-8-21(9-5-19)28(29)32-3/h4-5,8-9,14-18H,12-13H2,1-3H3. The van der Waals surface area contributed by atoms with E-state index in [0.29, 0.717) is 52.9 Å². The van der Waals surface area contributed by atoms with Crippen molar-refractivity contribution < 1.29 is 28.5 Å². The lowest BCUT2D eigenvalue weighted by Gasteiger charge is -2.19. The SMILES string of the molecule is COC(=O)c1ccc(C#Cc2cc3c(cc2C#Cc2cc(OC)cc(OC)c2)OCCO3)cc1. The summed E-state index contributed by atoms with van der Waals surface area (Å²) in [6, 6.07) is 16.0. The van der Waals surface area contributed by atoms with Crippen LogP contribution in [0.3, 0.4) is 0 Å². The Balaban J connectivity index is 1.71. The molecular weight excluding hydrogens is 432 g/mol. The maximum absolute atomic E-state index is 11.6. The van der Waals surface area contributed by atoms with Crippen LogP contribution in [0.4, 0.5) is 0 Å². The van der Waals surface area contributed by atoms with Gasteiger partial charge in [0.2, 0.25) is 0 Å². The summed E-state index contributed by atoms with van der Waals surface area (Å²) in [5, 5.41) is 0. The number of rotatable bonds is 3. The number of benzene rings is 3. The number of ether oxygens (including phenoxy) is 5. The van der Waals surface area contributed by atoms with Crippen LogP contribution in [0.2, 0.25) is 0 Å². The summed E-state index contributed by atoms with van der Waals surface area (Å²) in [6.45, 7) is 0.952. The van der Waals surface area contributed by atoms with Gasteiger partial charge in [-0.05, 0) is 36.4 Å². The number of hydrogen-bond acceptors (Lipinski definition) is 6. The van der Waals surface area contributed by atoms with E-state index in [0.717, 1.165) is 11.1 Å². The molecule has 3 aromatic carbocycles. The minimum absolute atomic E-state index is 0.391. The summed E-state index contributed by atoms with van der Waals surface area (Å²) < 4.78 is 26.8. The number of carbonyl (C=O) groups excluding carboxylic acids is 1. The van der Waals surface area contributed by atoms with Gasteiger partial charge in [0.15, 0.2) is 11.5 Å². The van der Waals surface area contributed by atoms with Crippen molar-refractivity contribution in [3.05, 3.63) is 82.4 Å². The summed E-state index contributed by atoms with van der Waals surface area (Å²) in [5.41, 5.74) is 3.35. The van der Waals surface area contributed by atoms with Gasteiger partial charge in [-0.2, -0.15) is 0 Å². The van der Waals surface area contributed by atoms with Crippen LogP contribution >= 0.6 is 0 Å². The summed E-state index contributed by atoms with van der Waals surface area (Å²) >= 11 is 0. The van der Waals surface area contributed by atoms with Crippen molar-refractivity contribution in [1.82, 2.24) is 0 Å². The molecule has 0 fully saturated rings. The lowest BCUT2D eigenvalue weighted by atomic mass is 10.0. The highest BCUT2D eigenvalue weighted by atomic mass is 16.6. The highest BCUT2D eigenvalue weighted by Gasteiger charge is 2.14. The van der Waals surface area contributed by atoms with Crippen LogP contribution < -0.4 is 18.9 Å². The van der Waals surface area contributed by atoms with Gasteiger partial charge in [0, 0.05) is 40.5 Å². The summed E-state index contributed by atoms with van der Waals surface area (Å²) in [7, 11) is 4.54. The van der Waals surface area contributed by atoms with E-state index in [4.69, 9.17) is 23.7 Å². The van der Waals surface area contributed by atoms with Gasteiger partial charge in [0.1, 0.15) is 24.7 Å². The van der Waals surface area contributed by atoms with E-state index in [1.807, 2.05) is 24.3 Å². The third-order valence-corrected chi connectivity index (χ3v) is 5.02. The number of carbonyl (C=O) groups is 1. The van der Waals surface area contributed by atoms with Crippen molar-refractivity contribution in [2.24, 2.45) is 0 Å².